The van der Waals surface area contributed by atoms with Crippen LogP contribution in [0.15, 0.2) is 29.3 Å². The summed E-state index contributed by atoms with van der Waals surface area (Å²) in [5.74, 6) is 0. The molecule has 1 unspecified atom stereocenters. The minimum atomic E-state index is 0.209. The Bertz CT molecular complexity index is 465. The fourth-order valence-corrected chi connectivity index (χ4v) is 3.14. The average molecular weight is 265 g/mol. The van der Waals surface area contributed by atoms with E-state index in [0.29, 0.717) is 12.6 Å². The summed E-state index contributed by atoms with van der Waals surface area (Å²) in [6, 6.07) is 8.78. The predicted molar refractivity (Wildman–Crippen MR) is 73.0 cm³/mol. The molecular formula is C14H17ClN2O. The molecule has 0 amide bonds. The van der Waals surface area contributed by atoms with Crippen molar-refractivity contribution in [3.63, 3.8) is 0 Å². The van der Waals surface area contributed by atoms with Crippen molar-refractivity contribution >= 4 is 17.6 Å². The molecule has 18 heavy (non-hydrogen) atoms. The number of nitrogens with zero attached hydrogens (tertiary/aromatic N) is 1. The third-order valence-corrected chi connectivity index (χ3v) is 4.38. The second kappa shape index (κ2) is 4.47. The first-order chi connectivity index (χ1) is 8.68. The van der Waals surface area contributed by atoms with Crippen LogP contribution in [-0.4, -0.2) is 18.7 Å². The number of hydrogen-bond acceptors (Lipinski definition) is 3. The Balaban J connectivity index is 1.80. The fourth-order valence-electron chi connectivity index (χ4n) is 3.01. The molecule has 1 aliphatic carbocycles. The van der Waals surface area contributed by atoms with Gasteiger partial charge < -0.3 is 10.5 Å². The molecule has 3 nitrogen and oxygen atoms in total. The van der Waals surface area contributed by atoms with Crippen molar-refractivity contribution in [3.05, 3.63) is 34.9 Å². The zero-order valence-electron chi connectivity index (χ0n) is 10.2. The molecular weight excluding hydrogens is 248 g/mol. The van der Waals surface area contributed by atoms with Crippen LogP contribution >= 0.6 is 11.6 Å². The van der Waals surface area contributed by atoms with Gasteiger partial charge in [-0.15, -0.1) is 0 Å². The molecule has 0 bridgehead atoms. The first-order valence-electron chi connectivity index (χ1n) is 6.40. The van der Waals surface area contributed by atoms with Crippen LogP contribution in [0, 0.1) is 0 Å². The highest BCUT2D eigenvalue weighted by atomic mass is 35.5. The van der Waals surface area contributed by atoms with E-state index in [2.05, 4.69) is 17.1 Å². The highest BCUT2D eigenvalue weighted by Crippen LogP contribution is 2.48. The van der Waals surface area contributed by atoms with Gasteiger partial charge in [-0.1, -0.05) is 30.2 Å². The lowest BCUT2D eigenvalue weighted by molar-refractivity contribution is 0.194. The van der Waals surface area contributed by atoms with Gasteiger partial charge in [0, 0.05) is 5.02 Å². The van der Waals surface area contributed by atoms with Crippen molar-refractivity contribution in [2.45, 2.75) is 37.1 Å². The molecule has 0 spiro atoms. The standard InChI is InChI=1S/C14H17ClN2O/c15-11-4-2-10(3-5-11)14(6-1-7-14)8-12-9-18-13(16)17-12/h2-5,12H,1,6-9H2,(H2,16,17). The van der Waals surface area contributed by atoms with Gasteiger partial charge in [0.2, 0.25) is 0 Å². The number of amidine groups is 1. The first kappa shape index (κ1) is 11.8. The molecule has 2 aliphatic rings. The molecule has 0 saturated heterocycles. The van der Waals surface area contributed by atoms with Crippen LogP contribution in [0.25, 0.3) is 0 Å². The Kier molecular flexibility index (Phi) is 2.94. The van der Waals surface area contributed by atoms with Gasteiger partial charge in [0.1, 0.15) is 6.61 Å². The molecule has 2 N–H and O–H groups in total. The lowest BCUT2D eigenvalue weighted by atomic mass is 9.61. The van der Waals surface area contributed by atoms with Crippen molar-refractivity contribution in [2.75, 3.05) is 6.61 Å². The van der Waals surface area contributed by atoms with Crippen molar-refractivity contribution in [1.82, 2.24) is 0 Å². The van der Waals surface area contributed by atoms with Crippen LogP contribution in [0.4, 0.5) is 0 Å². The van der Waals surface area contributed by atoms with Gasteiger partial charge in [0.05, 0.1) is 6.04 Å². The van der Waals surface area contributed by atoms with Crippen LogP contribution in [0.2, 0.25) is 5.02 Å². The van der Waals surface area contributed by atoms with Crippen LogP contribution in [0.1, 0.15) is 31.2 Å². The van der Waals surface area contributed by atoms with Gasteiger partial charge in [0.15, 0.2) is 0 Å². The second-order valence-electron chi connectivity index (χ2n) is 5.28. The number of hydrogen-bond donors (Lipinski definition) is 1. The van der Waals surface area contributed by atoms with Gasteiger partial charge in [-0.2, -0.15) is 0 Å². The summed E-state index contributed by atoms with van der Waals surface area (Å²) in [5.41, 5.74) is 7.20. The van der Waals surface area contributed by atoms with Crippen LogP contribution < -0.4 is 5.73 Å². The molecule has 0 aromatic heterocycles. The van der Waals surface area contributed by atoms with E-state index in [0.717, 1.165) is 11.4 Å². The van der Waals surface area contributed by atoms with E-state index < -0.39 is 0 Å². The second-order valence-corrected chi connectivity index (χ2v) is 5.71. The molecule has 1 saturated carbocycles. The lowest BCUT2D eigenvalue weighted by Crippen LogP contribution is -2.37. The third-order valence-electron chi connectivity index (χ3n) is 4.13. The molecule has 1 aliphatic heterocycles. The van der Waals surface area contributed by atoms with Gasteiger partial charge in [-0.3, -0.25) is 0 Å². The molecule has 1 fully saturated rings. The van der Waals surface area contributed by atoms with E-state index in [4.69, 9.17) is 22.1 Å². The van der Waals surface area contributed by atoms with Crippen LogP contribution in [0.5, 0.6) is 0 Å². The van der Waals surface area contributed by atoms with E-state index in [-0.39, 0.29) is 11.5 Å². The normalized spacial score (nSPS) is 25.2. The molecule has 96 valence electrons. The molecule has 1 atom stereocenters. The van der Waals surface area contributed by atoms with Crippen molar-refractivity contribution in [2.24, 2.45) is 10.7 Å². The maximum Gasteiger partial charge on any atom is 0.282 e. The van der Waals surface area contributed by atoms with Crippen molar-refractivity contribution in [3.8, 4) is 0 Å². The van der Waals surface area contributed by atoms with E-state index in [1.165, 1.54) is 24.8 Å². The monoisotopic (exact) mass is 264 g/mol. The molecule has 1 heterocycles. The summed E-state index contributed by atoms with van der Waals surface area (Å²) in [6.45, 7) is 0.626. The Morgan fingerprint density at radius 2 is 2.06 bits per heavy atom. The van der Waals surface area contributed by atoms with Gasteiger partial charge in [-0.25, -0.2) is 4.99 Å². The number of halogens is 1. The Morgan fingerprint density at radius 3 is 2.56 bits per heavy atom. The van der Waals surface area contributed by atoms with Gasteiger partial charge in [0.25, 0.3) is 6.02 Å². The van der Waals surface area contributed by atoms with E-state index in [1.807, 2.05) is 12.1 Å². The predicted octanol–water partition coefficient (Wildman–Crippen LogP) is 2.87. The maximum atomic E-state index is 5.95. The minimum absolute atomic E-state index is 0.209. The lowest BCUT2D eigenvalue weighted by Gasteiger charge is -2.43. The largest absolute Gasteiger partial charge is 0.463 e. The zero-order chi connectivity index (χ0) is 12.6. The molecule has 1 aromatic rings. The third kappa shape index (κ3) is 2.07. The summed E-state index contributed by atoms with van der Waals surface area (Å²) in [6.07, 6.45) is 4.76. The Labute approximate surface area is 112 Å². The molecule has 4 heteroatoms. The highest BCUT2D eigenvalue weighted by molar-refractivity contribution is 6.30. The van der Waals surface area contributed by atoms with Crippen LogP contribution in [-0.2, 0) is 10.2 Å². The van der Waals surface area contributed by atoms with E-state index >= 15 is 0 Å². The Hall–Kier alpha value is -1.22. The SMILES string of the molecule is NC1=NC(CC2(c3ccc(Cl)cc3)CCC2)CO1. The van der Waals surface area contributed by atoms with Crippen molar-refractivity contribution < 1.29 is 4.74 Å². The average Bonchev–Trinajstić information content (AvgIpc) is 2.71. The number of nitrogens with two attached hydrogens (primary N) is 1. The molecule has 3 rings (SSSR count). The highest BCUT2D eigenvalue weighted by Gasteiger charge is 2.41. The van der Waals surface area contributed by atoms with Gasteiger partial charge >= 0.3 is 0 Å². The fraction of sp³-hybridized carbons (Fsp3) is 0.500. The maximum absolute atomic E-state index is 5.95. The zero-order valence-corrected chi connectivity index (χ0v) is 11.0. The van der Waals surface area contributed by atoms with E-state index in [9.17, 15) is 0 Å². The first-order valence-corrected chi connectivity index (χ1v) is 6.78. The Morgan fingerprint density at radius 1 is 1.33 bits per heavy atom. The van der Waals surface area contributed by atoms with Crippen molar-refractivity contribution in [1.29, 1.82) is 0 Å². The summed E-state index contributed by atoms with van der Waals surface area (Å²) in [4.78, 5) is 4.34. The smallest absolute Gasteiger partial charge is 0.282 e. The number of ether oxygens (including phenoxy) is 1. The van der Waals surface area contributed by atoms with Gasteiger partial charge in [-0.05, 0) is 42.4 Å². The number of aliphatic imine (C=N–C) groups is 1. The molecule has 0 radical (unpaired) electrons. The van der Waals surface area contributed by atoms with Crippen LogP contribution in [0.3, 0.4) is 0 Å². The minimum Gasteiger partial charge on any atom is -0.463 e. The van der Waals surface area contributed by atoms with E-state index in [1.54, 1.807) is 0 Å². The summed E-state index contributed by atoms with van der Waals surface area (Å²) in [5, 5.41) is 0.791. The topological polar surface area (TPSA) is 47.6 Å². The number of benzene rings is 1. The quantitative estimate of drug-likeness (QED) is 0.913. The summed E-state index contributed by atoms with van der Waals surface area (Å²) < 4.78 is 5.24. The molecule has 1 aromatic carbocycles. The summed E-state index contributed by atoms with van der Waals surface area (Å²) >= 11 is 5.95. The number of rotatable bonds is 3. The summed E-state index contributed by atoms with van der Waals surface area (Å²) in [7, 11) is 0.